The average Bonchev–Trinajstić information content (AvgIpc) is 3.52. The first-order chi connectivity index (χ1) is 24.0. The van der Waals surface area contributed by atoms with Crippen molar-refractivity contribution in [1.29, 1.82) is 0 Å². The Morgan fingerprint density at radius 1 is 0.962 bits per heavy atom. The Hall–Kier alpha value is -3.73. The summed E-state index contributed by atoms with van der Waals surface area (Å²) in [5.41, 5.74) is 7.81. The van der Waals surface area contributed by atoms with E-state index in [-0.39, 0.29) is 47.9 Å². The molecule has 281 valence electrons. The first kappa shape index (κ1) is 42.7. The van der Waals surface area contributed by atoms with E-state index in [1.54, 1.807) is 0 Å². The summed E-state index contributed by atoms with van der Waals surface area (Å²) in [6, 6.07) is 20.7. The fourth-order valence-corrected chi connectivity index (χ4v) is 6.40. The Bertz CT molecular complexity index is 2010. The van der Waals surface area contributed by atoms with Gasteiger partial charge >= 0.3 is 0 Å². The van der Waals surface area contributed by atoms with Crippen molar-refractivity contribution < 1.29 is 39.0 Å². The molecule has 0 saturated heterocycles. The molecule has 5 aromatic rings. The number of hydrogen-bond acceptors (Lipinski definition) is 4. The predicted octanol–water partition coefficient (Wildman–Crippen LogP) is 12.2. The van der Waals surface area contributed by atoms with Crippen molar-refractivity contribution in [1.82, 2.24) is 4.98 Å². The van der Waals surface area contributed by atoms with Gasteiger partial charge < -0.3 is 14.1 Å². The number of ketones is 1. The van der Waals surface area contributed by atoms with E-state index in [1.807, 2.05) is 70.8 Å². The number of fused-ring (bicyclic) bond motifs is 2. The number of hydrogen-bond donors (Lipinski definition) is 1. The number of aliphatic hydroxyl groups is 1. The number of aliphatic hydroxyl groups excluding tert-OH is 1. The van der Waals surface area contributed by atoms with Gasteiger partial charge in [0, 0.05) is 61.4 Å². The van der Waals surface area contributed by atoms with Crippen LogP contribution in [0.3, 0.4) is 0 Å². The maximum atomic E-state index is 12.2. The minimum absolute atomic E-state index is 0. The molecule has 1 N–H and O–H groups in total. The quantitative estimate of drug-likeness (QED) is 0.0621. The molecule has 0 atom stereocenters. The second kappa shape index (κ2) is 17.4. The van der Waals surface area contributed by atoms with Crippen LogP contribution in [0.2, 0.25) is 0 Å². The van der Waals surface area contributed by atoms with Gasteiger partial charge in [0.05, 0.1) is 12.5 Å². The minimum atomic E-state index is -0.337. The fraction of sp³-hybridized carbons (Fsp3) is 0.435. The molecule has 0 aliphatic carbocycles. The zero-order chi connectivity index (χ0) is 37.7. The third-order valence-corrected chi connectivity index (χ3v) is 11.0. The van der Waals surface area contributed by atoms with Gasteiger partial charge in [-0.25, -0.2) is 0 Å². The first-order valence-corrected chi connectivity index (χ1v) is 18.6. The largest absolute Gasteiger partial charge is 0.512 e. The third kappa shape index (κ3) is 9.25. The van der Waals surface area contributed by atoms with Crippen LogP contribution in [0.5, 0.6) is 0 Å². The molecule has 0 bridgehead atoms. The summed E-state index contributed by atoms with van der Waals surface area (Å²) in [5.74, 6) is 0.828. The second-order valence-corrected chi connectivity index (χ2v) is 16.0. The van der Waals surface area contributed by atoms with Crippen molar-refractivity contribution in [3.8, 4) is 22.4 Å². The van der Waals surface area contributed by atoms with Gasteiger partial charge in [-0.05, 0) is 67.2 Å². The van der Waals surface area contributed by atoms with Crippen molar-refractivity contribution in [2.24, 2.45) is 16.7 Å². The van der Waals surface area contributed by atoms with E-state index < -0.39 is 0 Å². The van der Waals surface area contributed by atoms with Gasteiger partial charge in [0.25, 0.3) is 0 Å². The van der Waals surface area contributed by atoms with E-state index in [0.29, 0.717) is 5.92 Å². The van der Waals surface area contributed by atoms with Crippen molar-refractivity contribution in [3.63, 3.8) is 0 Å². The van der Waals surface area contributed by atoms with Gasteiger partial charge in [0.1, 0.15) is 17.0 Å². The molecule has 0 saturated carbocycles. The summed E-state index contributed by atoms with van der Waals surface area (Å²) in [4.78, 5) is 16.8. The maximum Gasteiger partial charge on any atom is 0.164 e. The van der Waals surface area contributed by atoms with Crippen LogP contribution in [0.4, 0.5) is 0 Å². The van der Waals surface area contributed by atoms with Crippen LogP contribution in [0.15, 0.2) is 83.4 Å². The number of carbonyl (C=O) groups is 1. The third-order valence-electron chi connectivity index (χ3n) is 11.0. The molecule has 3 heterocycles. The van der Waals surface area contributed by atoms with Crippen LogP contribution in [0.1, 0.15) is 113 Å². The van der Waals surface area contributed by atoms with Crippen LogP contribution in [-0.2, 0) is 36.7 Å². The Morgan fingerprint density at radius 2 is 1.60 bits per heavy atom. The van der Waals surface area contributed by atoms with E-state index >= 15 is 0 Å². The molecular formula is C46H59IrN2O3-. The molecule has 5 nitrogen and oxygen atoms in total. The van der Waals surface area contributed by atoms with Gasteiger partial charge in [-0.15, -0.1) is 29.1 Å². The molecule has 5 rings (SSSR count). The number of allylic oxidation sites excluding steroid dienone is 2. The molecule has 0 amide bonds. The van der Waals surface area contributed by atoms with E-state index in [0.717, 1.165) is 76.5 Å². The van der Waals surface area contributed by atoms with E-state index in [1.165, 1.54) is 17.0 Å². The van der Waals surface area contributed by atoms with E-state index in [4.69, 9.17) is 4.42 Å². The smallest absolute Gasteiger partial charge is 0.164 e. The van der Waals surface area contributed by atoms with Crippen molar-refractivity contribution in [3.05, 3.63) is 103 Å². The monoisotopic (exact) mass is 880 g/mol. The van der Waals surface area contributed by atoms with Crippen molar-refractivity contribution in [2.75, 3.05) is 0 Å². The van der Waals surface area contributed by atoms with Gasteiger partial charge in [-0.2, -0.15) is 0 Å². The summed E-state index contributed by atoms with van der Waals surface area (Å²) in [5, 5.41) is 12.5. The first-order valence-electron chi connectivity index (χ1n) is 18.6. The number of nitrogens with zero attached hydrogens (tertiary/aromatic N) is 2. The van der Waals surface area contributed by atoms with Crippen LogP contribution < -0.4 is 4.57 Å². The number of carbonyl (C=O) groups excluding carboxylic acids is 1. The summed E-state index contributed by atoms with van der Waals surface area (Å²) in [6.07, 6.45) is 11.4. The zero-order valence-corrected chi connectivity index (χ0v) is 35.6. The summed E-state index contributed by atoms with van der Waals surface area (Å²) in [7, 11) is 4.26. The zero-order valence-electron chi connectivity index (χ0n) is 33.2. The van der Waals surface area contributed by atoms with Gasteiger partial charge in [-0.3, -0.25) is 9.78 Å². The van der Waals surface area contributed by atoms with Crippen LogP contribution in [0, 0.1) is 29.9 Å². The predicted molar refractivity (Wildman–Crippen MR) is 213 cm³/mol. The Morgan fingerprint density at radius 3 is 2.19 bits per heavy atom. The molecule has 6 heteroatoms. The number of aromatic nitrogens is 2. The molecule has 0 aliphatic rings. The van der Waals surface area contributed by atoms with Crippen molar-refractivity contribution >= 4 is 27.7 Å². The molecule has 52 heavy (non-hydrogen) atoms. The normalized spacial score (nSPS) is 12.5. The Kier molecular flexibility index (Phi) is 14.3. The van der Waals surface area contributed by atoms with Gasteiger partial charge in [-0.1, -0.05) is 105 Å². The summed E-state index contributed by atoms with van der Waals surface area (Å²) < 4.78 is 7.96. The number of benzene rings is 2. The van der Waals surface area contributed by atoms with Gasteiger partial charge in [0.15, 0.2) is 11.4 Å². The molecular weight excluding hydrogens is 821 g/mol. The van der Waals surface area contributed by atoms with Crippen LogP contribution in [0.25, 0.3) is 44.3 Å². The molecule has 1 radical (unpaired) electrons. The average molecular weight is 880 g/mol. The second-order valence-electron chi connectivity index (χ2n) is 16.0. The summed E-state index contributed by atoms with van der Waals surface area (Å²) in [6.45, 7) is 23.3. The summed E-state index contributed by atoms with van der Waals surface area (Å²) >= 11 is 0. The standard InChI is InChI=1S/C31H31N2O.C15H28O2.Ir/c1-20(2)15-24-19-34-30-26(11-13-32-29(24)30)22-12-14-33(6)28(18-22)23-16-21-9-7-8-10-25(21)27(17-23)31(3,4)5;1-7-14(5,8-2)12(16)11-13(17)15(6,9-3)10-4;/h7-14,17-20H,6,15H2,1-5H3;11,16H,7-10H2,1-6H3;/q-1;;/b;12-11-;. The Labute approximate surface area is 326 Å². The molecule has 3 aromatic heterocycles. The molecule has 0 unspecified atom stereocenters. The van der Waals surface area contributed by atoms with E-state index in [9.17, 15) is 9.90 Å². The number of rotatable bonds is 11. The molecule has 2 aromatic carbocycles. The van der Waals surface area contributed by atoms with E-state index in [2.05, 4.69) is 95.2 Å². The number of furan rings is 1. The molecule has 0 spiro atoms. The van der Waals surface area contributed by atoms with Crippen LogP contribution in [-0.4, -0.2) is 15.9 Å². The van der Waals surface area contributed by atoms with Gasteiger partial charge in [0.2, 0.25) is 0 Å². The topological polar surface area (TPSA) is 67.2 Å². The minimum Gasteiger partial charge on any atom is -0.512 e. The molecule has 0 fully saturated rings. The van der Waals surface area contributed by atoms with Crippen molar-refractivity contribution in [2.45, 2.75) is 114 Å². The number of pyridine rings is 2. The fourth-order valence-electron chi connectivity index (χ4n) is 6.40. The SMILES string of the molecule is CCC(C)(CC)C(=O)/C=C(\O)C(C)(CC)CC.[CH2-][n+]1ccc(-c2ccnc3c(CC(C)C)coc23)cc1-c1[c-]c2ccccc2c(C(C)(C)C)c1.[Ir]. The van der Waals surface area contributed by atoms with Crippen LogP contribution >= 0.6 is 0 Å². The Balaban J connectivity index is 0.000000347. The maximum absolute atomic E-state index is 12.2. The molecule has 0 aliphatic heterocycles.